The van der Waals surface area contributed by atoms with Crippen molar-refractivity contribution >= 4 is 35.0 Å². The highest BCUT2D eigenvalue weighted by molar-refractivity contribution is 6.22. The van der Waals surface area contributed by atoms with Crippen molar-refractivity contribution in [1.29, 1.82) is 0 Å². The molecule has 0 spiro atoms. The molecule has 1 fully saturated rings. The van der Waals surface area contributed by atoms with Crippen molar-refractivity contribution in [2.75, 3.05) is 23.3 Å². The van der Waals surface area contributed by atoms with Crippen LogP contribution in [0.25, 0.3) is 0 Å². The Morgan fingerprint density at radius 3 is 2.32 bits per heavy atom. The van der Waals surface area contributed by atoms with Gasteiger partial charge >= 0.3 is 0 Å². The summed E-state index contributed by atoms with van der Waals surface area (Å²) in [5.41, 5.74) is 3.12. The normalized spacial score (nSPS) is 17.8. The molecular weight excluding hydrogens is 394 g/mol. The summed E-state index contributed by atoms with van der Waals surface area (Å²) in [7, 11) is 0. The van der Waals surface area contributed by atoms with Gasteiger partial charge in [0.15, 0.2) is 0 Å². The highest BCUT2D eigenvalue weighted by Gasteiger charge is 2.36. The van der Waals surface area contributed by atoms with Gasteiger partial charge in [-0.1, -0.05) is 31.0 Å². The Kier molecular flexibility index (Phi) is 4.81. The number of nitrogens with zero attached hydrogens (tertiary/aromatic N) is 2. The second-order valence-electron chi connectivity index (χ2n) is 8.35. The van der Waals surface area contributed by atoms with Gasteiger partial charge in [-0.2, -0.15) is 0 Å². The van der Waals surface area contributed by atoms with E-state index in [1.807, 2.05) is 17.0 Å². The number of rotatable bonds is 4. The number of hydrogen-bond acceptors (Lipinski definition) is 4. The minimum atomic E-state index is -0.460. The van der Waals surface area contributed by atoms with Gasteiger partial charge in [-0.3, -0.25) is 24.1 Å². The molecule has 0 saturated heterocycles. The van der Waals surface area contributed by atoms with Crippen LogP contribution in [0.15, 0.2) is 42.5 Å². The molecule has 2 heterocycles. The summed E-state index contributed by atoms with van der Waals surface area (Å²) in [5.74, 6) is -1.11. The summed E-state index contributed by atoms with van der Waals surface area (Å²) < 4.78 is 0. The molecule has 7 nitrogen and oxygen atoms in total. The standard InChI is InChI=1S/C24H23N3O4/c28-21(14-27-23(30)18-7-3-4-8-19(18)24(27)31)25-17-10-9-15-11-12-26(20(15)13-17)22(29)16-5-1-2-6-16/h3-4,7-10,13,16H,1-2,5-6,11-12,14H2,(H,25,28). The first kappa shape index (κ1) is 19.5. The molecule has 2 aromatic carbocycles. The number of benzene rings is 2. The maximum Gasteiger partial charge on any atom is 0.262 e. The van der Waals surface area contributed by atoms with Crippen LogP contribution in [0.4, 0.5) is 11.4 Å². The molecule has 1 N–H and O–H groups in total. The van der Waals surface area contributed by atoms with E-state index in [9.17, 15) is 19.2 Å². The summed E-state index contributed by atoms with van der Waals surface area (Å²) in [6.07, 6.45) is 4.90. The van der Waals surface area contributed by atoms with Gasteiger partial charge in [-0.15, -0.1) is 0 Å². The third kappa shape index (κ3) is 3.40. The smallest absolute Gasteiger partial charge is 0.262 e. The minimum absolute atomic E-state index is 0.0954. The van der Waals surface area contributed by atoms with E-state index in [2.05, 4.69) is 5.32 Å². The highest BCUT2D eigenvalue weighted by atomic mass is 16.2. The SMILES string of the molecule is O=C(CN1C(=O)c2ccccc2C1=O)Nc1ccc2c(c1)N(C(=O)C1CCCC1)CC2. The first-order chi connectivity index (χ1) is 15.0. The molecule has 0 bridgehead atoms. The number of amides is 4. The molecule has 1 aliphatic carbocycles. The van der Waals surface area contributed by atoms with Crippen LogP contribution in [-0.4, -0.2) is 41.6 Å². The topological polar surface area (TPSA) is 86.8 Å². The van der Waals surface area contributed by atoms with Crippen LogP contribution in [0.3, 0.4) is 0 Å². The van der Waals surface area contributed by atoms with Crippen molar-refractivity contribution in [2.45, 2.75) is 32.1 Å². The molecule has 158 valence electrons. The van der Waals surface area contributed by atoms with Gasteiger partial charge in [0.05, 0.1) is 11.1 Å². The van der Waals surface area contributed by atoms with Crippen molar-refractivity contribution in [1.82, 2.24) is 4.90 Å². The molecule has 5 rings (SSSR count). The molecule has 0 radical (unpaired) electrons. The number of nitrogens with one attached hydrogen (secondary N) is 1. The number of hydrogen-bond donors (Lipinski definition) is 1. The zero-order valence-electron chi connectivity index (χ0n) is 17.1. The first-order valence-corrected chi connectivity index (χ1v) is 10.7. The van der Waals surface area contributed by atoms with E-state index in [1.165, 1.54) is 0 Å². The van der Waals surface area contributed by atoms with Gasteiger partial charge in [0.2, 0.25) is 11.8 Å². The van der Waals surface area contributed by atoms with E-state index in [0.717, 1.165) is 48.3 Å². The Balaban J connectivity index is 1.29. The highest BCUT2D eigenvalue weighted by Crippen LogP contribution is 2.35. The lowest BCUT2D eigenvalue weighted by Gasteiger charge is -2.22. The predicted molar refractivity (Wildman–Crippen MR) is 115 cm³/mol. The summed E-state index contributed by atoms with van der Waals surface area (Å²) in [4.78, 5) is 53.3. The molecule has 2 aliphatic heterocycles. The fourth-order valence-electron chi connectivity index (χ4n) is 4.81. The lowest BCUT2D eigenvalue weighted by Crippen LogP contribution is -2.37. The fraction of sp³-hybridized carbons (Fsp3) is 0.333. The molecule has 0 aromatic heterocycles. The minimum Gasteiger partial charge on any atom is -0.324 e. The number of carbonyl (C=O) groups is 4. The average Bonchev–Trinajstić information content (AvgIpc) is 3.50. The van der Waals surface area contributed by atoms with Crippen LogP contribution in [0.1, 0.15) is 52.0 Å². The maximum atomic E-state index is 12.9. The summed E-state index contributed by atoms with van der Waals surface area (Å²) >= 11 is 0. The predicted octanol–water partition coefficient (Wildman–Crippen LogP) is 3.00. The van der Waals surface area contributed by atoms with Crippen LogP contribution < -0.4 is 10.2 Å². The van der Waals surface area contributed by atoms with E-state index in [1.54, 1.807) is 30.3 Å². The fourth-order valence-corrected chi connectivity index (χ4v) is 4.81. The lowest BCUT2D eigenvalue weighted by molar-refractivity contribution is -0.122. The number of anilines is 2. The quantitative estimate of drug-likeness (QED) is 0.775. The van der Waals surface area contributed by atoms with Gasteiger partial charge < -0.3 is 10.2 Å². The average molecular weight is 417 g/mol. The van der Waals surface area contributed by atoms with E-state index < -0.39 is 17.7 Å². The van der Waals surface area contributed by atoms with Crippen LogP contribution in [-0.2, 0) is 16.0 Å². The van der Waals surface area contributed by atoms with Gasteiger partial charge in [0.1, 0.15) is 6.54 Å². The molecule has 1 saturated carbocycles. The molecular formula is C24H23N3O4. The van der Waals surface area contributed by atoms with Gasteiger partial charge in [-0.25, -0.2) is 0 Å². The van der Waals surface area contributed by atoms with Crippen LogP contribution in [0.2, 0.25) is 0 Å². The van der Waals surface area contributed by atoms with Gasteiger partial charge in [0.25, 0.3) is 11.8 Å². The van der Waals surface area contributed by atoms with Gasteiger partial charge in [-0.05, 0) is 49.1 Å². The third-order valence-corrected chi connectivity index (χ3v) is 6.41. The number of fused-ring (bicyclic) bond motifs is 2. The van der Waals surface area contributed by atoms with Crippen molar-refractivity contribution in [3.63, 3.8) is 0 Å². The molecule has 0 unspecified atom stereocenters. The Morgan fingerprint density at radius 1 is 0.968 bits per heavy atom. The Hall–Kier alpha value is -3.48. The van der Waals surface area contributed by atoms with Gasteiger partial charge in [0, 0.05) is 23.8 Å². The van der Waals surface area contributed by atoms with E-state index in [4.69, 9.17) is 0 Å². The van der Waals surface area contributed by atoms with Crippen molar-refractivity contribution < 1.29 is 19.2 Å². The second kappa shape index (κ2) is 7.65. The summed E-state index contributed by atoms with van der Waals surface area (Å²) in [6.45, 7) is 0.311. The Labute approximate surface area is 180 Å². The molecule has 4 amide bonds. The molecule has 31 heavy (non-hydrogen) atoms. The van der Waals surface area contributed by atoms with Crippen LogP contribution in [0, 0.1) is 5.92 Å². The van der Waals surface area contributed by atoms with Crippen molar-refractivity contribution in [3.8, 4) is 0 Å². The van der Waals surface area contributed by atoms with Crippen molar-refractivity contribution in [3.05, 3.63) is 59.2 Å². The van der Waals surface area contributed by atoms with E-state index >= 15 is 0 Å². The lowest BCUT2D eigenvalue weighted by atomic mass is 10.1. The first-order valence-electron chi connectivity index (χ1n) is 10.7. The monoisotopic (exact) mass is 417 g/mol. The van der Waals surface area contributed by atoms with Crippen molar-refractivity contribution in [2.24, 2.45) is 5.92 Å². The Morgan fingerprint density at radius 2 is 1.65 bits per heavy atom. The van der Waals surface area contributed by atoms with E-state index in [0.29, 0.717) is 23.4 Å². The number of imide groups is 1. The molecule has 0 atom stereocenters. The number of carbonyl (C=O) groups excluding carboxylic acids is 4. The zero-order chi connectivity index (χ0) is 21.5. The zero-order valence-corrected chi connectivity index (χ0v) is 17.1. The second-order valence-corrected chi connectivity index (χ2v) is 8.35. The Bertz CT molecular complexity index is 1070. The molecule has 7 heteroatoms. The van der Waals surface area contributed by atoms with E-state index in [-0.39, 0.29) is 18.4 Å². The largest absolute Gasteiger partial charge is 0.324 e. The third-order valence-electron chi connectivity index (χ3n) is 6.41. The molecule has 3 aliphatic rings. The summed E-state index contributed by atoms with van der Waals surface area (Å²) in [6, 6.07) is 12.1. The van der Waals surface area contributed by atoms with Crippen LogP contribution in [0.5, 0.6) is 0 Å². The van der Waals surface area contributed by atoms with Crippen LogP contribution >= 0.6 is 0 Å². The summed E-state index contributed by atoms with van der Waals surface area (Å²) in [5, 5.41) is 2.77. The maximum absolute atomic E-state index is 12.9. The molecule has 2 aromatic rings.